The first-order chi connectivity index (χ1) is 13.0. The smallest absolute Gasteiger partial charge is 0.326 e. The molecule has 7 nitrogen and oxygen atoms in total. The fraction of sp³-hybridized carbons (Fsp3) is 0.300. The lowest BCUT2D eigenvalue weighted by molar-refractivity contribution is -0.141. The third-order valence-electron chi connectivity index (χ3n) is 4.01. The maximum absolute atomic E-state index is 12.4. The van der Waals surface area contributed by atoms with E-state index in [0.717, 1.165) is 5.56 Å². The molecule has 1 atom stereocenters. The molecule has 0 aliphatic rings. The van der Waals surface area contributed by atoms with Crippen molar-refractivity contribution in [3.8, 4) is 17.2 Å². The molecule has 0 aliphatic carbocycles. The van der Waals surface area contributed by atoms with Crippen molar-refractivity contribution < 1.29 is 28.9 Å². The number of carbonyl (C=O) groups excluding carboxylic acids is 1. The van der Waals surface area contributed by atoms with Gasteiger partial charge in [0, 0.05) is 6.42 Å². The first kappa shape index (κ1) is 20.1. The molecule has 0 saturated heterocycles. The van der Waals surface area contributed by atoms with Crippen LogP contribution in [0.4, 0.5) is 0 Å². The zero-order valence-electron chi connectivity index (χ0n) is 15.5. The molecular weight excluding hydrogens is 350 g/mol. The van der Waals surface area contributed by atoms with Crippen LogP contribution in [-0.4, -0.2) is 44.4 Å². The van der Waals surface area contributed by atoms with Crippen LogP contribution in [0.2, 0.25) is 0 Å². The third kappa shape index (κ3) is 5.37. The maximum atomic E-state index is 12.4. The van der Waals surface area contributed by atoms with Crippen LogP contribution in [0.5, 0.6) is 17.2 Å². The van der Waals surface area contributed by atoms with E-state index in [4.69, 9.17) is 14.2 Å². The summed E-state index contributed by atoms with van der Waals surface area (Å²) in [5, 5.41) is 12.0. The SMILES string of the molecule is COc1cc(CC(=O)N[C@@H](Cc2ccccc2)C(=O)O)cc(OC)c1OC. The van der Waals surface area contributed by atoms with Crippen molar-refractivity contribution in [1.82, 2.24) is 5.32 Å². The summed E-state index contributed by atoms with van der Waals surface area (Å²) < 4.78 is 15.8. The largest absolute Gasteiger partial charge is 0.493 e. The van der Waals surface area contributed by atoms with Gasteiger partial charge in [-0.1, -0.05) is 30.3 Å². The lowest BCUT2D eigenvalue weighted by Gasteiger charge is -2.16. The van der Waals surface area contributed by atoms with Crippen molar-refractivity contribution in [2.24, 2.45) is 0 Å². The number of hydrogen-bond acceptors (Lipinski definition) is 5. The molecule has 0 unspecified atom stereocenters. The van der Waals surface area contributed by atoms with E-state index in [9.17, 15) is 14.7 Å². The number of carbonyl (C=O) groups is 2. The van der Waals surface area contributed by atoms with Crippen molar-refractivity contribution >= 4 is 11.9 Å². The number of aliphatic carboxylic acids is 1. The fourth-order valence-corrected chi connectivity index (χ4v) is 2.72. The molecule has 2 aromatic rings. The van der Waals surface area contributed by atoms with E-state index in [1.165, 1.54) is 21.3 Å². The molecule has 144 valence electrons. The highest BCUT2D eigenvalue weighted by Crippen LogP contribution is 2.38. The summed E-state index contributed by atoms with van der Waals surface area (Å²) in [6.07, 6.45) is 0.187. The Balaban J connectivity index is 2.12. The molecule has 2 rings (SSSR count). The number of hydrogen-bond donors (Lipinski definition) is 2. The van der Waals surface area contributed by atoms with E-state index in [0.29, 0.717) is 22.8 Å². The molecule has 2 N–H and O–H groups in total. The predicted octanol–water partition coefficient (Wildman–Crippen LogP) is 2.07. The van der Waals surface area contributed by atoms with E-state index < -0.39 is 17.9 Å². The summed E-state index contributed by atoms with van der Waals surface area (Å²) in [7, 11) is 4.47. The Morgan fingerprint density at radius 2 is 1.56 bits per heavy atom. The van der Waals surface area contributed by atoms with Crippen LogP contribution in [0.15, 0.2) is 42.5 Å². The highest BCUT2D eigenvalue weighted by molar-refractivity contribution is 5.85. The highest BCUT2D eigenvalue weighted by atomic mass is 16.5. The molecule has 0 bridgehead atoms. The van der Waals surface area contributed by atoms with Gasteiger partial charge in [0.25, 0.3) is 0 Å². The molecule has 0 spiro atoms. The molecule has 0 aliphatic heterocycles. The van der Waals surface area contributed by atoms with Gasteiger partial charge in [0.2, 0.25) is 11.7 Å². The number of amides is 1. The van der Waals surface area contributed by atoms with Gasteiger partial charge in [-0.2, -0.15) is 0 Å². The van der Waals surface area contributed by atoms with Gasteiger partial charge >= 0.3 is 5.97 Å². The summed E-state index contributed by atoms with van der Waals surface area (Å²) in [6, 6.07) is 11.5. The first-order valence-electron chi connectivity index (χ1n) is 8.33. The Labute approximate surface area is 157 Å². The molecule has 0 radical (unpaired) electrons. The number of rotatable bonds is 9. The van der Waals surface area contributed by atoms with Crippen LogP contribution in [0.3, 0.4) is 0 Å². The van der Waals surface area contributed by atoms with Crippen LogP contribution >= 0.6 is 0 Å². The third-order valence-corrected chi connectivity index (χ3v) is 4.01. The Bertz CT molecular complexity index is 765. The summed E-state index contributed by atoms with van der Waals surface area (Å²) in [4.78, 5) is 23.9. The van der Waals surface area contributed by atoms with Crippen LogP contribution in [0.1, 0.15) is 11.1 Å². The van der Waals surface area contributed by atoms with Crippen molar-refractivity contribution in [2.75, 3.05) is 21.3 Å². The number of carboxylic acid groups (broad SMARTS) is 1. The van der Waals surface area contributed by atoms with Gasteiger partial charge in [-0.3, -0.25) is 4.79 Å². The summed E-state index contributed by atoms with van der Waals surface area (Å²) in [5.41, 5.74) is 1.45. The minimum Gasteiger partial charge on any atom is -0.493 e. The average molecular weight is 373 g/mol. The molecule has 1 amide bonds. The van der Waals surface area contributed by atoms with Crippen molar-refractivity contribution in [3.05, 3.63) is 53.6 Å². The number of benzene rings is 2. The molecule has 2 aromatic carbocycles. The van der Waals surface area contributed by atoms with E-state index in [1.807, 2.05) is 30.3 Å². The minimum atomic E-state index is -1.09. The zero-order chi connectivity index (χ0) is 19.8. The Morgan fingerprint density at radius 1 is 0.963 bits per heavy atom. The van der Waals surface area contributed by atoms with Gasteiger partial charge in [-0.15, -0.1) is 0 Å². The van der Waals surface area contributed by atoms with Gasteiger partial charge in [-0.05, 0) is 23.3 Å². The second-order valence-electron chi connectivity index (χ2n) is 5.86. The molecule has 0 aromatic heterocycles. The predicted molar refractivity (Wildman–Crippen MR) is 99.5 cm³/mol. The normalized spacial score (nSPS) is 11.4. The average Bonchev–Trinajstić information content (AvgIpc) is 2.67. The lowest BCUT2D eigenvalue weighted by atomic mass is 10.1. The first-order valence-corrected chi connectivity index (χ1v) is 8.33. The Morgan fingerprint density at radius 3 is 2.04 bits per heavy atom. The van der Waals surface area contributed by atoms with Gasteiger partial charge in [-0.25, -0.2) is 4.79 Å². The minimum absolute atomic E-state index is 0.0186. The zero-order valence-corrected chi connectivity index (χ0v) is 15.5. The van der Waals surface area contributed by atoms with Crippen LogP contribution < -0.4 is 19.5 Å². The lowest BCUT2D eigenvalue weighted by Crippen LogP contribution is -2.43. The van der Waals surface area contributed by atoms with E-state index in [2.05, 4.69) is 5.32 Å². The highest BCUT2D eigenvalue weighted by Gasteiger charge is 2.21. The topological polar surface area (TPSA) is 94.1 Å². The van der Waals surface area contributed by atoms with Crippen molar-refractivity contribution in [1.29, 1.82) is 0 Å². The van der Waals surface area contributed by atoms with E-state index in [-0.39, 0.29) is 12.8 Å². The Kier molecular flexibility index (Phi) is 7.05. The van der Waals surface area contributed by atoms with Crippen LogP contribution in [0.25, 0.3) is 0 Å². The molecule has 7 heteroatoms. The molecule has 0 heterocycles. The monoisotopic (exact) mass is 373 g/mol. The molecule has 0 fully saturated rings. The fourth-order valence-electron chi connectivity index (χ4n) is 2.72. The van der Waals surface area contributed by atoms with Gasteiger partial charge in [0.15, 0.2) is 11.5 Å². The second kappa shape index (κ2) is 9.47. The summed E-state index contributed by atoms with van der Waals surface area (Å²) in [5.74, 6) is -0.209. The van der Waals surface area contributed by atoms with Crippen LogP contribution in [0, 0.1) is 0 Å². The van der Waals surface area contributed by atoms with Gasteiger partial charge in [0.05, 0.1) is 27.8 Å². The molecular formula is C20H23NO6. The second-order valence-corrected chi connectivity index (χ2v) is 5.86. The summed E-state index contributed by atoms with van der Waals surface area (Å²) >= 11 is 0. The van der Waals surface area contributed by atoms with E-state index >= 15 is 0 Å². The van der Waals surface area contributed by atoms with Crippen molar-refractivity contribution in [3.63, 3.8) is 0 Å². The van der Waals surface area contributed by atoms with E-state index in [1.54, 1.807) is 12.1 Å². The maximum Gasteiger partial charge on any atom is 0.326 e. The number of nitrogens with one attached hydrogen (secondary N) is 1. The van der Waals surface area contributed by atoms with Crippen LogP contribution in [-0.2, 0) is 22.4 Å². The quantitative estimate of drug-likeness (QED) is 0.699. The van der Waals surface area contributed by atoms with Gasteiger partial charge < -0.3 is 24.6 Å². The Hall–Kier alpha value is -3.22. The summed E-state index contributed by atoms with van der Waals surface area (Å²) in [6.45, 7) is 0. The molecule has 27 heavy (non-hydrogen) atoms. The van der Waals surface area contributed by atoms with Gasteiger partial charge in [0.1, 0.15) is 6.04 Å². The number of ether oxygens (including phenoxy) is 3. The van der Waals surface area contributed by atoms with Crippen molar-refractivity contribution in [2.45, 2.75) is 18.9 Å². The standard InChI is InChI=1S/C20H23NO6/c1-25-16-10-14(11-17(26-2)19(16)27-3)12-18(22)21-15(20(23)24)9-13-7-5-4-6-8-13/h4-8,10-11,15H,9,12H2,1-3H3,(H,21,22)(H,23,24)/t15-/m0/s1. The molecule has 0 saturated carbocycles. The number of methoxy groups -OCH3 is 3. The number of carboxylic acids is 1.